The summed E-state index contributed by atoms with van der Waals surface area (Å²) in [6, 6.07) is 5.87. The molecule has 0 amide bonds. The minimum atomic E-state index is 0.246. The summed E-state index contributed by atoms with van der Waals surface area (Å²) in [5.74, 6) is 0.246. The molecule has 0 radical (unpaired) electrons. The first-order valence-corrected chi connectivity index (χ1v) is 5.44. The molecule has 1 aliphatic rings. The number of rotatable bonds is 2. The monoisotopic (exact) mass is 206 g/mol. The average molecular weight is 206 g/mol. The highest BCUT2D eigenvalue weighted by Gasteiger charge is 2.21. The standard InChI is InChI=1S/C12H18N2O/c1-14-6-2-3-10(14)7-9-4-5-11(15)8-12(9)13/h4-5,8,10,15H,2-3,6-7,13H2,1H3. The summed E-state index contributed by atoms with van der Waals surface area (Å²) in [6.45, 7) is 1.18. The molecule has 1 heterocycles. The number of likely N-dealkylation sites (N-methyl/N-ethyl adjacent to an activating group) is 1. The van der Waals surface area contributed by atoms with Gasteiger partial charge in [0.2, 0.25) is 0 Å². The van der Waals surface area contributed by atoms with Crippen molar-refractivity contribution >= 4 is 5.69 Å². The molecule has 3 heteroatoms. The summed E-state index contributed by atoms with van der Waals surface area (Å²) in [5.41, 5.74) is 7.72. The predicted octanol–water partition coefficient (Wildman–Crippen LogP) is 1.61. The number of hydrogen-bond donors (Lipinski definition) is 2. The lowest BCUT2D eigenvalue weighted by molar-refractivity contribution is 0.309. The smallest absolute Gasteiger partial charge is 0.117 e. The lowest BCUT2D eigenvalue weighted by atomic mass is 10.0. The van der Waals surface area contributed by atoms with Crippen LogP contribution in [-0.4, -0.2) is 29.6 Å². The Balaban J connectivity index is 2.10. The zero-order valence-corrected chi connectivity index (χ0v) is 9.11. The fourth-order valence-electron chi connectivity index (χ4n) is 2.26. The molecular weight excluding hydrogens is 188 g/mol. The van der Waals surface area contributed by atoms with Crippen LogP contribution in [0.3, 0.4) is 0 Å². The molecule has 2 rings (SSSR count). The highest BCUT2D eigenvalue weighted by Crippen LogP contribution is 2.24. The minimum absolute atomic E-state index is 0.246. The average Bonchev–Trinajstić information content (AvgIpc) is 2.57. The fraction of sp³-hybridized carbons (Fsp3) is 0.500. The van der Waals surface area contributed by atoms with Crippen LogP contribution < -0.4 is 5.73 Å². The van der Waals surface area contributed by atoms with Crippen LogP contribution in [0.4, 0.5) is 5.69 Å². The van der Waals surface area contributed by atoms with Gasteiger partial charge in [-0.25, -0.2) is 0 Å². The second-order valence-electron chi connectivity index (χ2n) is 4.36. The highest BCUT2D eigenvalue weighted by molar-refractivity contribution is 5.51. The number of nitrogens with zero attached hydrogens (tertiary/aromatic N) is 1. The van der Waals surface area contributed by atoms with E-state index in [9.17, 15) is 5.11 Å². The van der Waals surface area contributed by atoms with E-state index in [4.69, 9.17) is 5.73 Å². The maximum Gasteiger partial charge on any atom is 0.117 e. The van der Waals surface area contributed by atoms with E-state index in [0.717, 1.165) is 12.0 Å². The van der Waals surface area contributed by atoms with Gasteiger partial charge in [0.25, 0.3) is 0 Å². The number of benzene rings is 1. The third kappa shape index (κ3) is 2.23. The summed E-state index contributed by atoms with van der Waals surface area (Å²) in [4.78, 5) is 2.38. The van der Waals surface area contributed by atoms with Gasteiger partial charge in [-0.1, -0.05) is 6.07 Å². The molecule has 3 nitrogen and oxygen atoms in total. The minimum Gasteiger partial charge on any atom is -0.508 e. The van der Waals surface area contributed by atoms with Crippen LogP contribution in [-0.2, 0) is 6.42 Å². The summed E-state index contributed by atoms with van der Waals surface area (Å²) in [5, 5.41) is 9.26. The molecule has 15 heavy (non-hydrogen) atoms. The number of nitrogen functional groups attached to an aromatic ring is 1. The van der Waals surface area contributed by atoms with E-state index < -0.39 is 0 Å². The first-order chi connectivity index (χ1) is 7.16. The van der Waals surface area contributed by atoms with E-state index >= 15 is 0 Å². The van der Waals surface area contributed by atoms with E-state index in [1.54, 1.807) is 12.1 Å². The molecule has 0 bridgehead atoms. The summed E-state index contributed by atoms with van der Waals surface area (Å²) in [6.07, 6.45) is 3.51. The van der Waals surface area contributed by atoms with Crippen LogP contribution in [0.15, 0.2) is 18.2 Å². The van der Waals surface area contributed by atoms with Gasteiger partial charge in [0.05, 0.1) is 0 Å². The molecule has 0 aliphatic carbocycles. The van der Waals surface area contributed by atoms with Crippen molar-refractivity contribution in [3.8, 4) is 5.75 Å². The van der Waals surface area contributed by atoms with Gasteiger partial charge in [-0.2, -0.15) is 0 Å². The summed E-state index contributed by atoms with van der Waals surface area (Å²) in [7, 11) is 2.16. The number of likely N-dealkylation sites (tertiary alicyclic amines) is 1. The molecule has 0 saturated carbocycles. The Kier molecular flexibility index (Phi) is 2.82. The van der Waals surface area contributed by atoms with E-state index in [1.165, 1.54) is 19.4 Å². The van der Waals surface area contributed by atoms with Gasteiger partial charge < -0.3 is 15.7 Å². The molecule has 1 aliphatic heterocycles. The molecule has 1 aromatic rings. The Morgan fingerprint density at radius 3 is 2.93 bits per heavy atom. The number of nitrogens with two attached hydrogens (primary N) is 1. The predicted molar refractivity (Wildman–Crippen MR) is 61.9 cm³/mol. The largest absolute Gasteiger partial charge is 0.508 e. The first-order valence-electron chi connectivity index (χ1n) is 5.44. The Morgan fingerprint density at radius 1 is 1.53 bits per heavy atom. The Hall–Kier alpha value is -1.22. The molecule has 1 aromatic carbocycles. The van der Waals surface area contributed by atoms with Gasteiger partial charge >= 0.3 is 0 Å². The van der Waals surface area contributed by atoms with Crippen molar-refractivity contribution in [1.29, 1.82) is 0 Å². The zero-order chi connectivity index (χ0) is 10.8. The topological polar surface area (TPSA) is 49.5 Å². The van der Waals surface area contributed by atoms with Crippen LogP contribution in [0.5, 0.6) is 5.75 Å². The lowest BCUT2D eigenvalue weighted by Gasteiger charge is -2.20. The third-order valence-corrected chi connectivity index (χ3v) is 3.26. The van der Waals surface area contributed by atoms with Crippen LogP contribution >= 0.6 is 0 Å². The second kappa shape index (κ2) is 4.11. The Morgan fingerprint density at radius 2 is 2.33 bits per heavy atom. The molecule has 1 fully saturated rings. The number of phenols is 1. The fourth-order valence-corrected chi connectivity index (χ4v) is 2.26. The molecule has 3 N–H and O–H groups in total. The zero-order valence-electron chi connectivity index (χ0n) is 9.11. The molecule has 1 atom stereocenters. The van der Waals surface area contributed by atoms with Crippen LogP contribution in [0.1, 0.15) is 18.4 Å². The maximum absolute atomic E-state index is 9.26. The van der Waals surface area contributed by atoms with Gasteiger partial charge in [0.15, 0.2) is 0 Å². The van der Waals surface area contributed by atoms with Gasteiger partial charge in [0.1, 0.15) is 5.75 Å². The number of hydrogen-bond acceptors (Lipinski definition) is 3. The Bertz CT molecular complexity index is 351. The van der Waals surface area contributed by atoms with Gasteiger partial charge in [-0.15, -0.1) is 0 Å². The van der Waals surface area contributed by atoms with Crippen molar-refractivity contribution in [2.24, 2.45) is 0 Å². The van der Waals surface area contributed by atoms with Crippen molar-refractivity contribution in [3.63, 3.8) is 0 Å². The van der Waals surface area contributed by atoms with Gasteiger partial charge in [-0.05, 0) is 44.5 Å². The van der Waals surface area contributed by atoms with E-state index in [2.05, 4.69) is 11.9 Å². The molecule has 82 valence electrons. The molecular formula is C12H18N2O. The van der Waals surface area contributed by atoms with Crippen molar-refractivity contribution < 1.29 is 5.11 Å². The van der Waals surface area contributed by atoms with E-state index in [1.807, 2.05) is 6.07 Å². The maximum atomic E-state index is 9.26. The van der Waals surface area contributed by atoms with Crippen LogP contribution in [0.2, 0.25) is 0 Å². The number of aromatic hydroxyl groups is 1. The van der Waals surface area contributed by atoms with E-state index in [0.29, 0.717) is 11.7 Å². The molecule has 0 aromatic heterocycles. The van der Waals surface area contributed by atoms with Gasteiger partial charge in [-0.3, -0.25) is 0 Å². The number of anilines is 1. The molecule has 1 saturated heterocycles. The first kappa shape index (κ1) is 10.3. The quantitative estimate of drug-likeness (QED) is 0.723. The molecule has 1 unspecified atom stereocenters. The van der Waals surface area contributed by atoms with Crippen LogP contribution in [0, 0.1) is 0 Å². The third-order valence-electron chi connectivity index (χ3n) is 3.26. The van der Waals surface area contributed by atoms with Crippen molar-refractivity contribution in [2.75, 3.05) is 19.3 Å². The normalized spacial score (nSPS) is 22.1. The number of phenolic OH excluding ortho intramolecular Hbond substituents is 1. The SMILES string of the molecule is CN1CCCC1Cc1ccc(O)cc1N. The van der Waals surface area contributed by atoms with Crippen molar-refractivity contribution in [1.82, 2.24) is 4.90 Å². The van der Waals surface area contributed by atoms with Gasteiger partial charge in [0, 0.05) is 17.8 Å². The lowest BCUT2D eigenvalue weighted by Crippen LogP contribution is -2.27. The summed E-state index contributed by atoms with van der Waals surface area (Å²) >= 11 is 0. The second-order valence-corrected chi connectivity index (χ2v) is 4.36. The Labute approximate surface area is 90.5 Å². The highest BCUT2D eigenvalue weighted by atomic mass is 16.3. The van der Waals surface area contributed by atoms with Crippen LogP contribution in [0.25, 0.3) is 0 Å². The summed E-state index contributed by atoms with van der Waals surface area (Å²) < 4.78 is 0. The van der Waals surface area contributed by atoms with Crippen molar-refractivity contribution in [2.45, 2.75) is 25.3 Å². The van der Waals surface area contributed by atoms with E-state index in [-0.39, 0.29) is 5.75 Å². The molecule has 0 spiro atoms. The van der Waals surface area contributed by atoms with Crippen molar-refractivity contribution in [3.05, 3.63) is 23.8 Å².